The fourth-order valence-corrected chi connectivity index (χ4v) is 4.49. The first-order valence-corrected chi connectivity index (χ1v) is 13.3. The Balaban J connectivity index is 1.37. The van der Waals surface area contributed by atoms with Gasteiger partial charge in [-0.1, -0.05) is 78.9 Å². The molecule has 0 spiro atoms. The lowest BCUT2D eigenvalue weighted by Gasteiger charge is -2.31. The number of ether oxygens (including phenoxy) is 3. The van der Waals surface area contributed by atoms with Crippen LogP contribution in [0.3, 0.4) is 0 Å². The van der Waals surface area contributed by atoms with Crippen molar-refractivity contribution in [3.8, 4) is 22.9 Å². The van der Waals surface area contributed by atoms with Gasteiger partial charge in [0.05, 0.1) is 0 Å². The minimum absolute atomic E-state index is 0.274. The van der Waals surface area contributed by atoms with Crippen LogP contribution in [0.5, 0.6) is 11.8 Å². The minimum Gasteiger partial charge on any atom is -0.473 e. The Morgan fingerprint density at radius 3 is 2.15 bits per heavy atom. The van der Waals surface area contributed by atoms with Crippen molar-refractivity contribution in [2.45, 2.75) is 52.6 Å². The summed E-state index contributed by atoms with van der Waals surface area (Å²) in [7, 11) is 0. The van der Waals surface area contributed by atoms with E-state index in [1.807, 2.05) is 93.6 Å². The molecule has 1 aliphatic rings. The van der Waals surface area contributed by atoms with Gasteiger partial charge in [-0.2, -0.15) is 4.98 Å². The highest BCUT2D eigenvalue weighted by atomic mass is 16.6. The first-order valence-electron chi connectivity index (χ1n) is 13.3. The van der Waals surface area contributed by atoms with E-state index in [1.165, 1.54) is 5.56 Å². The fourth-order valence-electron chi connectivity index (χ4n) is 4.49. The maximum atomic E-state index is 12.6. The van der Waals surface area contributed by atoms with Crippen LogP contribution in [-0.4, -0.2) is 28.1 Å². The van der Waals surface area contributed by atoms with Crippen molar-refractivity contribution in [1.29, 1.82) is 0 Å². The van der Waals surface area contributed by atoms with Crippen LogP contribution < -0.4 is 9.47 Å². The van der Waals surface area contributed by atoms with Gasteiger partial charge in [0.15, 0.2) is 0 Å². The molecule has 0 atom stereocenters. The highest BCUT2D eigenvalue weighted by Gasteiger charge is 2.26. The van der Waals surface area contributed by atoms with E-state index in [-0.39, 0.29) is 6.09 Å². The van der Waals surface area contributed by atoms with E-state index in [9.17, 15) is 4.79 Å². The van der Waals surface area contributed by atoms with Crippen LogP contribution in [0.15, 0.2) is 91.0 Å². The third-order valence-corrected chi connectivity index (χ3v) is 6.46. The Kier molecular flexibility index (Phi) is 7.82. The molecule has 4 aromatic rings. The lowest BCUT2D eigenvalue weighted by atomic mass is 9.95. The molecule has 5 rings (SSSR count). The van der Waals surface area contributed by atoms with Gasteiger partial charge in [-0.05, 0) is 61.1 Å². The summed E-state index contributed by atoms with van der Waals surface area (Å²) in [6.45, 7) is 7.65. The van der Waals surface area contributed by atoms with Crippen molar-refractivity contribution in [2.24, 2.45) is 0 Å². The molecule has 6 nitrogen and oxygen atoms in total. The molecule has 0 unspecified atom stereocenters. The van der Waals surface area contributed by atoms with Gasteiger partial charge < -0.3 is 19.1 Å². The molecular weight excluding hydrogens is 488 g/mol. The molecule has 0 saturated heterocycles. The van der Waals surface area contributed by atoms with Crippen LogP contribution >= 0.6 is 0 Å². The zero-order valence-electron chi connectivity index (χ0n) is 22.7. The largest absolute Gasteiger partial charge is 0.473 e. The van der Waals surface area contributed by atoms with E-state index in [1.54, 1.807) is 4.90 Å². The lowest BCUT2D eigenvalue weighted by molar-refractivity contribution is 0.0224. The van der Waals surface area contributed by atoms with Crippen molar-refractivity contribution >= 4 is 6.09 Å². The fraction of sp³-hybridized carbons (Fsp3) is 0.273. The molecule has 0 fully saturated rings. The monoisotopic (exact) mass is 522 g/mol. The summed E-state index contributed by atoms with van der Waals surface area (Å²) in [5, 5.41) is 0. The predicted molar refractivity (Wildman–Crippen MR) is 152 cm³/mol. The van der Waals surface area contributed by atoms with Crippen molar-refractivity contribution in [1.82, 2.24) is 9.88 Å². The summed E-state index contributed by atoms with van der Waals surface area (Å²) in [5.74, 6) is 1.03. The molecule has 0 saturated carbocycles. The van der Waals surface area contributed by atoms with Gasteiger partial charge in [-0.3, -0.25) is 0 Å². The maximum absolute atomic E-state index is 12.6. The summed E-state index contributed by atoms with van der Waals surface area (Å²) >= 11 is 0. The standard InChI is InChI=1S/C33H34N2O4/c1-33(2,3)39-32(36)35-19-18-26-20-27(14-15-28(26)21-35)29-16-17-30(37-22-24-10-6-4-7-11-24)34-31(29)38-23-25-12-8-5-9-13-25/h4-17,20H,18-19,21-23H2,1-3H3. The smallest absolute Gasteiger partial charge is 0.410 e. The zero-order valence-corrected chi connectivity index (χ0v) is 22.7. The van der Waals surface area contributed by atoms with Gasteiger partial charge in [-0.25, -0.2) is 4.79 Å². The van der Waals surface area contributed by atoms with Crippen LogP contribution in [0.4, 0.5) is 4.79 Å². The van der Waals surface area contributed by atoms with E-state index in [4.69, 9.17) is 19.2 Å². The van der Waals surface area contributed by atoms with Crippen molar-refractivity contribution in [2.75, 3.05) is 6.54 Å². The second kappa shape index (κ2) is 11.6. The third kappa shape index (κ3) is 6.96. The second-order valence-electron chi connectivity index (χ2n) is 10.7. The van der Waals surface area contributed by atoms with Gasteiger partial charge in [0.2, 0.25) is 11.8 Å². The lowest BCUT2D eigenvalue weighted by Crippen LogP contribution is -2.39. The molecule has 0 N–H and O–H groups in total. The number of aromatic nitrogens is 1. The molecule has 1 aliphatic heterocycles. The molecule has 39 heavy (non-hydrogen) atoms. The molecule has 200 valence electrons. The first kappa shape index (κ1) is 26.3. The van der Waals surface area contributed by atoms with Gasteiger partial charge in [-0.15, -0.1) is 0 Å². The van der Waals surface area contributed by atoms with E-state index in [0.29, 0.717) is 38.1 Å². The second-order valence-corrected chi connectivity index (χ2v) is 10.7. The molecule has 6 heteroatoms. The number of pyridine rings is 1. The van der Waals surface area contributed by atoms with Crippen molar-refractivity contribution < 1.29 is 19.0 Å². The topological polar surface area (TPSA) is 60.9 Å². The number of amides is 1. The van der Waals surface area contributed by atoms with Crippen molar-refractivity contribution in [3.63, 3.8) is 0 Å². The Bertz CT molecular complexity index is 1420. The van der Waals surface area contributed by atoms with Gasteiger partial charge in [0.1, 0.15) is 18.8 Å². The van der Waals surface area contributed by atoms with Gasteiger partial charge in [0.25, 0.3) is 0 Å². The number of fused-ring (bicyclic) bond motifs is 1. The average molecular weight is 523 g/mol. The summed E-state index contributed by atoms with van der Waals surface area (Å²) in [6.07, 6.45) is 0.484. The van der Waals surface area contributed by atoms with Gasteiger partial charge >= 0.3 is 6.09 Å². The average Bonchev–Trinajstić information content (AvgIpc) is 2.94. The third-order valence-electron chi connectivity index (χ3n) is 6.46. The SMILES string of the molecule is CC(C)(C)OC(=O)N1CCc2cc(-c3ccc(OCc4ccccc4)nc3OCc3ccccc3)ccc2C1. The molecule has 1 aromatic heterocycles. The molecule has 0 bridgehead atoms. The van der Waals surface area contributed by atoms with Crippen LogP contribution in [0.2, 0.25) is 0 Å². The summed E-state index contributed by atoms with van der Waals surface area (Å²) in [5.41, 5.74) is 5.88. The molecule has 3 aromatic carbocycles. The molecular formula is C33H34N2O4. The summed E-state index contributed by atoms with van der Waals surface area (Å²) in [6, 6.07) is 30.3. The Morgan fingerprint density at radius 1 is 0.821 bits per heavy atom. The highest BCUT2D eigenvalue weighted by Crippen LogP contribution is 2.34. The van der Waals surface area contributed by atoms with E-state index >= 15 is 0 Å². The minimum atomic E-state index is -0.513. The number of rotatable bonds is 7. The number of hydrogen-bond donors (Lipinski definition) is 0. The van der Waals surface area contributed by atoms with E-state index in [2.05, 4.69) is 18.2 Å². The Hall–Kier alpha value is -4.32. The van der Waals surface area contributed by atoms with Crippen LogP contribution in [0.1, 0.15) is 43.0 Å². The quantitative estimate of drug-likeness (QED) is 0.257. The number of hydrogen-bond acceptors (Lipinski definition) is 5. The first-order chi connectivity index (χ1) is 18.8. The van der Waals surface area contributed by atoms with Crippen LogP contribution in [0.25, 0.3) is 11.1 Å². The van der Waals surface area contributed by atoms with Crippen LogP contribution in [-0.2, 0) is 30.9 Å². The van der Waals surface area contributed by atoms with Crippen molar-refractivity contribution in [3.05, 3.63) is 113 Å². The summed E-state index contributed by atoms with van der Waals surface area (Å²) < 4.78 is 17.8. The maximum Gasteiger partial charge on any atom is 0.410 e. The Labute approximate surface area is 230 Å². The highest BCUT2D eigenvalue weighted by molar-refractivity contribution is 5.72. The van der Waals surface area contributed by atoms with E-state index in [0.717, 1.165) is 34.2 Å². The number of carbonyl (C=O) groups excluding carboxylic acids is 1. The number of benzene rings is 3. The molecule has 0 aliphatic carbocycles. The van der Waals surface area contributed by atoms with Gasteiger partial charge in [0, 0.05) is 24.7 Å². The Morgan fingerprint density at radius 2 is 1.49 bits per heavy atom. The number of nitrogens with zero attached hydrogens (tertiary/aromatic N) is 2. The molecule has 1 amide bonds. The normalized spacial score (nSPS) is 12.9. The zero-order chi connectivity index (χ0) is 27.2. The summed E-state index contributed by atoms with van der Waals surface area (Å²) in [4.78, 5) is 19.1. The number of carbonyl (C=O) groups is 1. The predicted octanol–water partition coefficient (Wildman–Crippen LogP) is 7.20. The van der Waals surface area contributed by atoms with E-state index < -0.39 is 5.60 Å². The molecule has 2 heterocycles. The van der Waals surface area contributed by atoms with Crippen LogP contribution in [0, 0.1) is 0 Å². The molecule has 0 radical (unpaired) electrons.